The van der Waals surface area contributed by atoms with Crippen molar-refractivity contribution < 1.29 is 4.79 Å². The minimum atomic E-state index is 0.0234. The molecule has 2 aromatic carbocycles. The summed E-state index contributed by atoms with van der Waals surface area (Å²) < 4.78 is 1.96. The van der Waals surface area contributed by atoms with Gasteiger partial charge in [0.15, 0.2) is 5.78 Å². The molecule has 0 radical (unpaired) electrons. The van der Waals surface area contributed by atoms with Crippen molar-refractivity contribution >= 4 is 28.4 Å². The molecule has 3 aromatic rings. The molecule has 1 aromatic heterocycles. The number of halogens is 1. The quantitative estimate of drug-likeness (QED) is 0.686. The average molecular weight is 299 g/mol. The summed E-state index contributed by atoms with van der Waals surface area (Å²) in [5, 5.41) is 0.617. The maximum Gasteiger partial charge on any atom is 0.170 e. The molecule has 21 heavy (non-hydrogen) atoms. The standard InChI is InChI=1S/C17H15ClN2O/c1-11-7-8-12(9-13(11)18)16(21)10-17-19-14-5-3-4-6-15(14)20(17)2/h3-9H,10H2,1-2H3. The van der Waals surface area contributed by atoms with Crippen LogP contribution in [0.5, 0.6) is 0 Å². The van der Waals surface area contributed by atoms with E-state index < -0.39 is 0 Å². The van der Waals surface area contributed by atoms with Crippen molar-refractivity contribution in [2.45, 2.75) is 13.3 Å². The zero-order valence-electron chi connectivity index (χ0n) is 11.9. The summed E-state index contributed by atoms with van der Waals surface area (Å²) >= 11 is 6.08. The minimum Gasteiger partial charge on any atom is -0.331 e. The number of aryl methyl sites for hydroxylation is 2. The number of hydrogen-bond acceptors (Lipinski definition) is 2. The molecule has 0 spiro atoms. The third-order valence-corrected chi connectivity index (χ3v) is 4.10. The molecule has 3 rings (SSSR count). The number of imidazole rings is 1. The van der Waals surface area contributed by atoms with Crippen LogP contribution >= 0.6 is 11.6 Å². The number of aromatic nitrogens is 2. The first-order valence-corrected chi connectivity index (χ1v) is 7.14. The normalized spacial score (nSPS) is 11.0. The summed E-state index contributed by atoms with van der Waals surface area (Å²) in [4.78, 5) is 16.9. The topological polar surface area (TPSA) is 34.9 Å². The minimum absolute atomic E-state index is 0.0234. The molecule has 0 atom stereocenters. The second kappa shape index (κ2) is 5.34. The second-order valence-corrected chi connectivity index (χ2v) is 5.55. The van der Waals surface area contributed by atoms with Crippen molar-refractivity contribution in [3.8, 4) is 0 Å². The number of hydrogen-bond donors (Lipinski definition) is 0. The Hall–Kier alpha value is -2.13. The maximum atomic E-state index is 12.4. The average Bonchev–Trinajstić information content (AvgIpc) is 2.79. The lowest BCUT2D eigenvalue weighted by Gasteiger charge is -2.04. The van der Waals surface area contributed by atoms with Crippen molar-refractivity contribution in [1.29, 1.82) is 0 Å². The highest BCUT2D eigenvalue weighted by Crippen LogP contribution is 2.19. The van der Waals surface area contributed by atoms with Gasteiger partial charge in [-0.25, -0.2) is 4.98 Å². The maximum absolute atomic E-state index is 12.4. The highest BCUT2D eigenvalue weighted by atomic mass is 35.5. The van der Waals surface area contributed by atoms with Gasteiger partial charge in [0, 0.05) is 17.6 Å². The molecule has 1 heterocycles. The summed E-state index contributed by atoms with van der Waals surface area (Å²) in [6.45, 7) is 1.92. The third-order valence-electron chi connectivity index (χ3n) is 3.69. The van der Waals surface area contributed by atoms with E-state index in [-0.39, 0.29) is 12.2 Å². The van der Waals surface area contributed by atoms with E-state index in [0.29, 0.717) is 10.6 Å². The number of carbonyl (C=O) groups is 1. The van der Waals surface area contributed by atoms with Gasteiger partial charge in [-0.05, 0) is 30.7 Å². The first-order valence-electron chi connectivity index (χ1n) is 6.76. The van der Waals surface area contributed by atoms with Crippen LogP contribution in [0.25, 0.3) is 11.0 Å². The fourth-order valence-corrected chi connectivity index (χ4v) is 2.55. The van der Waals surface area contributed by atoms with Crippen molar-refractivity contribution in [3.63, 3.8) is 0 Å². The Morgan fingerprint density at radius 2 is 2.00 bits per heavy atom. The monoisotopic (exact) mass is 298 g/mol. The Bertz CT molecular complexity index is 836. The number of benzene rings is 2. The zero-order chi connectivity index (χ0) is 15.0. The van der Waals surface area contributed by atoms with Gasteiger partial charge in [0.1, 0.15) is 5.82 Å². The fraction of sp³-hybridized carbons (Fsp3) is 0.176. The molecule has 4 heteroatoms. The van der Waals surface area contributed by atoms with Crippen LogP contribution in [0.15, 0.2) is 42.5 Å². The van der Waals surface area contributed by atoms with Crippen LogP contribution in [0.3, 0.4) is 0 Å². The van der Waals surface area contributed by atoms with Gasteiger partial charge in [0.05, 0.1) is 17.5 Å². The van der Waals surface area contributed by atoms with Gasteiger partial charge in [-0.3, -0.25) is 4.79 Å². The van der Waals surface area contributed by atoms with Gasteiger partial charge in [-0.1, -0.05) is 35.9 Å². The fourth-order valence-electron chi connectivity index (χ4n) is 2.37. The molecular weight excluding hydrogens is 284 g/mol. The van der Waals surface area contributed by atoms with Crippen molar-refractivity contribution in [2.75, 3.05) is 0 Å². The molecule has 106 valence electrons. The molecule has 0 amide bonds. The molecule has 0 saturated heterocycles. The SMILES string of the molecule is Cc1ccc(C(=O)Cc2nc3ccccc3n2C)cc1Cl. The summed E-state index contributed by atoms with van der Waals surface area (Å²) in [7, 11) is 1.93. The van der Waals surface area contributed by atoms with Gasteiger partial charge in [-0.2, -0.15) is 0 Å². The van der Waals surface area contributed by atoms with Crippen LogP contribution in [-0.4, -0.2) is 15.3 Å². The smallest absolute Gasteiger partial charge is 0.170 e. The van der Waals surface area contributed by atoms with Gasteiger partial charge < -0.3 is 4.57 Å². The number of para-hydroxylation sites is 2. The molecule has 0 bridgehead atoms. The molecule has 0 unspecified atom stereocenters. The van der Waals surface area contributed by atoms with Crippen LogP contribution in [0.1, 0.15) is 21.7 Å². The van der Waals surface area contributed by atoms with E-state index in [9.17, 15) is 4.79 Å². The number of ketones is 1. The summed E-state index contributed by atoms with van der Waals surface area (Å²) in [6.07, 6.45) is 0.268. The van der Waals surface area contributed by atoms with Gasteiger partial charge in [-0.15, -0.1) is 0 Å². The van der Waals surface area contributed by atoms with Crippen molar-refractivity contribution in [1.82, 2.24) is 9.55 Å². The third kappa shape index (κ3) is 2.57. The Morgan fingerprint density at radius 3 is 2.71 bits per heavy atom. The van der Waals surface area contributed by atoms with Gasteiger partial charge in [0.25, 0.3) is 0 Å². The van der Waals surface area contributed by atoms with Gasteiger partial charge >= 0.3 is 0 Å². The van der Waals surface area contributed by atoms with Crippen molar-refractivity contribution in [3.05, 3.63) is 64.4 Å². The Kier molecular flexibility index (Phi) is 3.52. The van der Waals surface area contributed by atoms with Crippen LogP contribution in [0, 0.1) is 6.92 Å². The lowest BCUT2D eigenvalue weighted by Crippen LogP contribution is -2.08. The van der Waals surface area contributed by atoms with Crippen LogP contribution in [0.4, 0.5) is 0 Å². The zero-order valence-corrected chi connectivity index (χ0v) is 12.7. The largest absolute Gasteiger partial charge is 0.331 e. The van der Waals surface area contributed by atoms with Gasteiger partial charge in [0.2, 0.25) is 0 Å². The predicted molar refractivity (Wildman–Crippen MR) is 84.9 cm³/mol. The molecule has 0 aliphatic rings. The van der Waals surface area contributed by atoms with Crippen molar-refractivity contribution in [2.24, 2.45) is 7.05 Å². The van der Waals surface area contributed by atoms with E-state index in [1.807, 2.05) is 54.9 Å². The number of Topliss-reactive ketones (excluding diaryl/α,β-unsaturated/α-hetero) is 1. The lowest BCUT2D eigenvalue weighted by atomic mass is 10.1. The number of fused-ring (bicyclic) bond motifs is 1. The number of rotatable bonds is 3. The van der Waals surface area contributed by atoms with E-state index >= 15 is 0 Å². The second-order valence-electron chi connectivity index (χ2n) is 5.14. The Balaban J connectivity index is 1.92. The molecule has 0 saturated carbocycles. The van der Waals surface area contributed by atoms with E-state index in [1.54, 1.807) is 6.07 Å². The Labute approximate surface area is 128 Å². The summed E-state index contributed by atoms with van der Waals surface area (Å²) in [5.41, 5.74) is 3.53. The van der Waals surface area contributed by atoms with Crippen LogP contribution in [-0.2, 0) is 13.5 Å². The molecule has 0 N–H and O–H groups in total. The summed E-state index contributed by atoms with van der Waals surface area (Å²) in [5.74, 6) is 0.785. The highest BCUT2D eigenvalue weighted by molar-refractivity contribution is 6.31. The van der Waals surface area contributed by atoms with E-state index in [4.69, 9.17) is 11.6 Å². The van der Waals surface area contributed by atoms with E-state index in [0.717, 1.165) is 22.4 Å². The lowest BCUT2D eigenvalue weighted by molar-refractivity contribution is 0.0990. The molecular formula is C17H15ClN2O. The first-order chi connectivity index (χ1) is 10.1. The molecule has 3 nitrogen and oxygen atoms in total. The first kappa shape index (κ1) is 13.8. The molecule has 0 aliphatic carbocycles. The predicted octanol–water partition coefficient (Wildman–Crippen LogP) is 3.96. The van der Waals surface area contributed by atoms with Crippen LogP contribution < -0.4 is 0 Å². The summed E-state index contributed by atoms with van der Waals surface area (Å²) in [6, 6.07) is 13.3. The van der Waals surface area contributed by atoms with Crippen LogP contribution in [0.2, 0.25) is 5.02 Å². The molecule has 0 aliphatic heterocycles. The Morgan fingerprint density at radius 1 is 1.24 bits per heavy atom. The van der Waals surface area contributed by atoms with E-state index in [1.165, 1.54) is 0 Å². The number of carbonyl (C=O) groups excluding carboxylic acids is 1. The highest BCUT2D eigenvalue weighted by Gasteiger charge is 2.14. The van der Waals surface area contributed by atoms with E-state index in [2.05, 4.69) is 4.98 Å². The molecule has 0 fully saturated rings. The number of nitrogens with zero attached hydrogens (tertiary/aromatic N) is 2.